The van der Waals surface area contributed by atoms with Gasteiger partial charge in [0.25, 0.3) is 11.5 Å². The van der Waals surface area contributed by atoms with Crippen LogP contribution in [0.25, 0.3) is 0 Å². The average Bonchev–Trinajstić information content (AvgIpc) is 2.93. The molecule has 9 heteroatoms. The Hall–Kier alpha value is -2.62. The van der Waals surface area contributed by atoms with Crippen molar-refractivity contribution in [1.82, 2.24) is 10.2 Å². The molecule has 2 heterocycles. The summed E-state index contributed by atoms with van der Waals surface area (Å²) in [7, 11) is 2.60. The molecule has 0 bridgehead atoms. The van der Waals surface area contributed by atoms with Gasteiger partial charge in [0.05, 0.1) is 6.10 Å². The second kappa shape index (κ2) is 11.6. The first kappa shape index (κ1) is 28.4. The van der Waals surface area contributed by atoms with E-state index in [9.17, 15) is 18.0 Å². The predicted octanol–water partition coefficient (Wildman–Crippen LogP) is 4.89. The second-order valence-electron chi connectivity index (χ2n) is 10.3. The number of nitrogens with one attached hydrogen (secondary N) is 1. The number of likely N-dealkylation sites (tertiary alicyclic amines) is 1. The molecule has 2 aromatic carbocycles. The van der Waals surface area contributed by atoms with Crippen LogP contribution in [0.15, 0.2) is 54.6 Å². The van der Waals surface area contributed by atoms with Crippen LogP contribution in [0.2, 0.25) is 0 Å². The molecule has 38 heavy (non-hydrogen) atoms. The Bertz CT molecular complexity index is 1070. The Balaban J connectivity index is 1.58. The lowest BCUT2D eigenvalue weighted by atomic mass is 9.62. The molecule has 2 aliphatic heterocycles. The number of carbonyl (C=O) groups excluding carboxylic acids is 1. The lowest BCUT2D eigenvalue weighted by Crippen LogP contribution is -2.59. The van der Waals surface area contributed by atoms with Crippen molar-refractivity contribution < 1.29 is 32.2 Å². The molecular formula is C29H37F3N2O4. The molecule has 0 aliphatic carbocycles. The van der Waals surface area contributed by atoms with Crippen molar-refractivity contribution in [3.05, 3.63) is 65.7 Å². The van der Waals surface area contributed by atoms with Crippen molar-refractivity contribution in [3.8, 4) is 5.75 Å². The number of hydrogen-bond donors (Lipinski definition) is 1. The van der Waals surface area contributed by atoms with E-state index in [4.69, 9.17) is 14.2 Å². The van der Waals surface area contributed by atoms with E-state index in [0.29, 0.717) is 19.4 Å². The van der Waals surface area contributed by atoms with E-state index in [1.807, 2.05) is 25.1 Å². The molecule has 4 rings (SSSR count). The van der Waals surface area contributed by atoms with Crippen molar-refractivity contribution in [3.63, 3.8) is 0 Å². The molecule has 1 unspecified atom stereocenters. The molecule has 6 nitrogen and oxygen atoms in total. The standard InChI is InChI=1S/C29H37F3N2O4/c1-21(36-2)20-38-25-12-8-7-11-23(25)24-19-33-16-13-27(24)14-17-34(18-15-27)26(35)28(37-3,29(30,31)32)22-9-5-4-6-10-22/h4-12,21,24,33H,13-20H2,1-3H3/t21-,24?,28+/m0/s1. The van der Waals surface area contributed by atoms with Gasteiger partial charge < -0.3 is 24.4 Å². The van der Waals surface area contributed by atoms with Gasteiger partial charge in [0.15, 0.2) is 0 Å². The molecule has 208 valence electrons. The van der Waals surface area contributed by atoms with Crippen LogP contribution in [0, 0.1) is 5.41 Å². The van der Waals surface area contributed by atoms with Crippen LogP contribution >= 0.6 is 0 Å². The number of methoxy groups -OCH3 is 2. The highest BCUT2D eigenvalue weighted by Gasteiger charge is 2.64. The monoisotopic (exact) mass is 534 g/mol. The summed E-state index contributed by atoms with van der Waals surface area (Å²) in [6.45, 7) is 4.38. The van der Waals surface area contributed by atoms with Gasteiger partial charge in [-0.3, -0.25) is 4.79 Å². The lowest BCUT2D eigenvalue weighted by molar-refractivity contribution is -0.271. The van der Waals surface area contributed by atoms with E-state index in [2.05, 4.69) is 11.4 Å². The molecule has 2 saturated heterocycles. The van der Waals surface area contributed by atoms with Crippen LogP contribution in [-0.4, -0.2) is 70.1 Å². The maximum atomic E-state index is 14.5. The van der Waals surface area contributed by atoms with Gasteiger partial charge in [0, 0.05) is 45.3 Å². The largest absolute Gasteiger partial charge is 0.491 e. The minimum absolute atomic E-state index is 0.0601. The van der Waals surface area contributed by atoms with Gasteiger partial charge in [0.2, 0.25) is 0 Å². The summed E-state index contributed by atoms with van der Waals surface area (Å²) in [5.41, 5.74) is -2.33. The summed E-state index contributed by atoms with van der Waals surface area (Å²) in [5, 5.41) is 3.49. The minimum Gasteiger partial charge on any atom is -0.491 e. The predicted molar refractivity (Wildman–Crippen MR) is 138 cm³/mol. The van der Waals surface area contributed by atoms with Crippen LogP contribution in [0.4, 0.5) is 13.2 Å². The Morgan fingerprint density at radius 1 is 1.05 bits per heavy atom. The summed E-state index contributed by atoms with van der Waals surface area (Å²) in [4.78, 5) is 14.9. The van der Waals surface area contributed by atoms with Crippen molar-refractivity contribution in [1.29, 1.82) is 0 Å². The van der Waals surface area contributed by atoms with E-state index >= 15 is 0 Å². The molecule has 0 aromatic heterocycles. The average molecular weight is 535 g/mol. The number of alkyl halides is 3. The third-order valence-electron chi connectivity index (χ3n) is 8.29. The zero-order valence-electron chi connectivity index (χ0n) is 22.2. The van der Waals surface area contributed by atoms with Crippen molar-refractivity contribution >= 4 is 5.91 Å². The molecule has 3 atom stereocenters. The minimum atomic E-state index is -4.91. The number of nitrogens with zero attached hydrogens (tertiary/aromatic N) is 1. The molecular weight excluding hydrogens is 497 g/mol. The van der Waals surface area contributed by atoms with Gasteiger partial charge in [-0.15, -0.1) is 0 Å². The second-order valence-corrected chi connectivity index (χ2v) is 10.3. The number of amides is 1. The molecule has 1 spiro atoms. The third kappa shape index (κ3) is 5.28. The van der Waals surface area contributed by atoms with Crippen molar-refractivity contribution in [2.45, 2.75) is 50.0 Å². The summed E-state index contributed by atoms with van der Waals surface area (Å²) in [6.07, 6.45) is -2.91. The molecule has 2 fully saturated rings. The highest BCUT2D eigenvalue weighted by molar-refractivity contribution is 5.88. The summed E-state index contributed by atoms with van der Waals surface area (Å²) in [5.74, 6) is -0.162. The fourth-order valence-electron chi connectivity index (χ4n) is 5.97. The molecule has 2 aliphatic rings. The van der Waals surface area contributed by atoms with Crippen LogP contribution in [0.1, 0.15) is 43.2 Å². The number of halogens is 3. The quantitative estimate of drug-likeness (QED) is 0.523. The molecule has 1 amide bonds. The van der Waals surface area contributed by atoms with Gasteiger partial charge >= 0.3 is 6.18 Å². The zero-order valence-corrected chi connectivity index (χ0v) is 22.2. The summed E-state index contributed by atoms with van der Waals surface area (Å²) < 4.78 is 60.0. The molecule has 0 radical (unpaired) electrons. The molecule has 1 N–H and O–H groups in total. The van der Waals surface area contributed by atoms with E-state index in [1.165, 1.54) is 29.2 Å². The van der Waals surface area contributed by atoms with E-state index < -0.39 is 17.7 Å². The zero-order chi connectivity index (χ0) is 27.4. The van der Waals surface area contributed by atoms with E-state index in [1.54, 1.807) is 13.2 Å². The fourth-order valence-corrected chi connectivity index (χ4v) is 5.97. The van der Waals surface area contributed by atoms with Gasteiger partial charge in [-0.25, -0.2) is 0 Å². The first-order valence-electron chi connectivity index (χ1n) is 13.1. The number of benzene rings is 2. The normalized spacial score (nSPS) is 22.1. The summed E-state index contributed by atoms with van der Waals surface area (Å²) >= 11 is 0. The van der Waals surface area contributed by atoms with Gasteiger partial charge in [-0.05, 0) is 49.8 Å². The van der Waals surface area contributed by atoms with E-state index in [-0.39, 0.29) is 36.1 Å². The van der Waals surface area contributed by atoms with Crippen molar-refractivity contribution in [2.24, 2.45) is 5.41 Å². The molecule has 2 aromatic rings. The van der Waals surface area contributed by atoms with Crippen LogP contribution in [0.3, 0.4) is 0 Å². The van der Waals surface area contributed by atoms with Crippen LogP contribution in [0.5, 0.6) is 5.75 Å². The first-order chi connectivity index (χ1) is 18.2. The van der Waals surface area contributed by atoms with Crippen molar-refractivity contribution in [2.75, 3.05) is 47.0 Å². The number of carbonyl (C=O) groups is 1. The van der Waals surface area contributed by atoms with Gasteiger partial charge in [-0.2, -0.15) is 13.2 Å². The maximum Gasteiger partial charge on any atom is 0.430 e. The fraction of sp³-hybridized carbons (Fsp3) is 0.552. The highest BCUT2D eigenvalue weighted by Crippen LogP contribution is 2.51. The lowest BCUT2D eigenvalue weighted by Gasteiger charge is -2.51. The van der Waals surface area contributed by atoms with E-state index in [0.717, 1.165) is 37.9 Å². The number of rotatable bonds is 8. The Labute approximate surface area is 222 Å². The smallest absolute Gasteiger partial charge is 0.430 e. The van der Waals surface area contributed by atoms with Crippen LogP contribution < -0.4 is 10.1 Å². The highest BCUT2D eigenvalue weighted by atomic mass is 19.4. The van der Waals surface area contributed by atoms with Crippen LogP contribution in [-0.2, 0) is 19.9 Å². The molecule has 0 saturated carbocycles. The Morgan fingerprint density at radius 2 is 1.71 bits per heavy atom. The topological polar surface area (TPSA) is 60.0 Å². The third-order valence-corrected chi connectivity index (χ3v) is 8.29. The number of piperidine rings is 2. The Kier molecular flexibility index (Phi) is 8.69. The van der Waals surface area contributed by atoms with Gasteiger partial charge in [0.1, 0.15) is 12.4 Å². The number of ether oxygens (including phenoxy) is 3. The first-order valence-corrected chi connectivity index (χ1v) is 13.1. The Morgan fingerprint density at radius 3 is 2.34 bits per heavy atom. The van der Waals surface area contributed by atoms with Gasteiger partial charge in [-0.1, -0.05) is 48.5 Å². The number of hydrogen-bond acceptors (Lipinski definition) is 5. The SMILES string of the molecule is CO[C@@H](C)COc1ccccc1C1CNCCC12CCN(C(=O)[C@](OC)(c1ccccc1)C(F)(F)F)CC2. The number of para-hydroxylation sites is 1. The summed E-state index contributed by atoms with van der Waals surface area (Å²) in [6, 6.07) is 15.1. The maximum absolute atomic E-state index is 14.5.